The van der Waals surface area contributed by atoms with Gasteiger partial charge in [0.15, 0.2) is 5.82 Å². The molecule has 0 saturated carbocycles. The highest BCUT2D eigenvalue weighted by atomic mass is 32.2. The Labute approximate surface area is 150 Å². The summed E-state index contributed by atoms with van der Waals surface area (Å²) in [5, 5.41) is 11.6. The average molecular weight is 353 g/mol. The van der Waals surface area contributed by atoms with Gasteiger partial charge in [-0.15, -0.1) is 10.2 Å². The Balaban J connectivity index is 1.62. The van der Waals surface area contributed by atoms with Crippen LogP contribution in [0.15, 0.2) is 59.8 Å². The van der Waals surface area contributed by atoms with E-state index >= 15 is 0 Å². The number of amides is 1. The van der Waals surface area contributed by atoms with Crippen LogP contribution in [-0.4, -0.2) is 26.5 Å². The molecule has 1 heterocycles. The SMILES string of the molecule is CCc1cccc(NC(=O)CSc2nnc(-c3ccccc3)n2N)c1. The third-order valence-electron chi connectivity index (χ3n) is 3.65. The van der Waals surface area contributed by atoms with Crippen molar-refractivity contribution >= 4 is 23.4 Å². The molecule has 0 bridgehead atoms. The highest BCUT2D eigenvalue weighted by molar-refractivity contribution is 7.99. The van der Waals surface area contributed by atoms with Crippen LogP contribution < -0.4 is 11.2 Å². The van der Waals surface area contributed by atoms with Gasteiger partial charge in [-0.2, -0.15) is 0 Å². The first kappa shape index (κ1) is 17.0. The smallest absolute Gasteiger partial charge is 0.234 e. The van der Waals surface area contributed by atoms with Crippen LogP contribution in [0.4, 0.5) is 5.69 Å². The largest absolute Gasteiger partial charge is 0.335 e. The van der Waals surface area contributed by atoms with Crippen LogP contribution in [0.25, 0.3) is 11.4 Å². The minimum absolute atomic E-state index is 0.109. The Morgan fingerprint density at radius 1 is 1.16 bits per heavy atom. The molecule has 25 heavy (non-hydrogen) atoms. The Kier molecular flexibility index (Phi) is 5.35. The van der Waals surface area contributed by atoms with Crippen LogP contribution in [0.3, 0.4) is 0 Å². The average Bonchev–Trinajstić information content (AvgIpc) is 3.01. The van der Waals surface area contributed by atoms with E-state index in [2.05, 4.69) is 22.4 Å². The third kappa shape index (κ3) is 4.19. The number of aryl methyl sites for hydroxylation is 1. The van der Waals surface area contributed by atoms with Gasteiger partial charge in [0, 0.05) is 11.3 Å². The summed E-state index contributed by atoms with van der Waals surface area (Å²) in [6.45, 7) is 2.08. The maximum absolute atomic E-state index is 12.1. The zero-order valence-corrected chi connectivity index (χ0v) is 14.7. The number of anilines is 1. The second-order valence-electron chi connectivity index (χ2n) is 5.43. The molecule has 2 aromatic carbocycles. The zero-order valence-electron chi connectivity index (χ0n) is 13.8. The van der Waals surface area contributed by atoms with Crippen molar-refractivity contribution in [3.05, 3.63) is 60.2 Å². The van der Waals surface area contributed by atoms with Crippen LogP contribution in [-0.2, 0) is 11.2 Å². The summed E-state index contributed by atoms with van der Waals surface area (Å²) in [5.41, 5.74) is 2.86. The summed E-state index contributed by atoms with van der Waals surface area (Å²) in [6.07, 6.45) is 0.928. The molecule has 1 amide bonds. The van der Waals surface area contributed by atoms with E-state index in [1.165, 1.54) is 22.0 Å². The summed E-state index contributed by atoms with van der Waals surface area (Å²) in [7, 11) is 0. The maximum atomic E-state index is 12.1. The molecule has 0 radical (unpaired) electrons. The van der Waals surface area contributed by atoms with Crippen LogP contribution >= 0.6 is 11.8 Å². The molecule has 3 N–H and O–H groups in total. The van der Waals surface area contributed by atoms with Gasteiger partial charge in [0.05, 0.1) is 5.75 Å². The van der Waals surface area contributed by atoms with Gasteiger partial charge < -0.3 is 11.2 Å². The number of rotatable bonds is 6. The minimum atomic E-state index is -0.109. The van der Waals surface area contributed by atoms with Gasteiger partial charge in [0.25, 0.3) is 0 Å². The summed E-state index contributed by atoms with van der Waals surface area (Å²) >= 11 is 1.25. The maximum Gasteiger partial charge on any atom is 0.234 e. The fourth-order valence-electron chi connectivity index (χ4n) is 2.36. The standard InChI is InChI=1S/C18H19N5OS/c1-2-13-7-6-10-15(11-13)20-16(24)12-25-18-22-21-17(23(18)19)14-8-4-3-5-9-14/h3-11H,2,12,19H2,1H3,(H,20,24). The number of nitrogens with one attached hydrogen (secondary N) is 1. The molecule has 0 unspecified atom stereocenters. The first-order valence-electron chi connectivity index (χ1n) is 7.95. The molecule has 0 fully saturated rings. The lowest BCUT2D eigenvalue weighted by molar-refractivity contribution is -0.113. The first-order valence-corrected chi connectivity index (χ1v) is 8.93. The van der Waals surface area contributed by atoms with E-state index in [0.29, 0.717) is 11.0 Å². The summed E-state index contributed by atoms with van der Waals surface area (Å²) < 4.78 is 1.41. The molecule has 0 saturated heterocycles. The van der Waals surface area contributed by atoms with E-state index in [0.717, 1.165) is 17.7 Å². The van der Waals surface area contributed by atoms with Crippen LogP contribution in [0.2, 0.25) is 0 Å². The van der Waals surface area contributed by atoms with Crippen LogP contribution in [0.5, 0.6) is 0 Å². The molecule has 128 valence electrons. The fraction of sp³-hybridized carbons (Fsp3) is 0.167. The number of carbonyl (C=O) groups excluding carboxylic acids is 1. The van der Waals surface area contributed by atoms with Crippen molar-refractivity contribution in [2.24, 2.45) is 0 Å². The number of nitrogens with zero attached hydrogens (tertiary/aromatic N) is 3. The minimum Gasteiger partial charge on any atom is -0.335 e. The number of hydrogen-bond donors (Lipinski definition) is 2. The molecule has 7 heteroatoms. The third-order valence-corrected chi connectivity index (χ3v) is 4.59. The fourth-order valence-corrected chi connectivity index (χ4v) is 3.01. The normalized spacial score (nSPS) is 10.6. The van der Waals surface area contributed by atoms with E-state index in [1.54, 1.807) is 0 Å². The summed E-state index contributed by atoms with van der Waals surface area (Å²) in [6, 6.07) is 17.4. The predicted molar refractivity (Wildman–Crippen MR) is 101 cm³/mol. The summed E-state index contributed by atoms with van der Waals surface area (Å²) in [4.78, 5) is 12.1. The second-order valence-corrected chi connectivity index (χ2v) is 6.38. The number of nitrogen functional groups attached to an aromatic ring is 1. The Morgan fingerprint density at radius 3 is 2.72 bits per heavy atom. The Morgan fingerprint density at radius 2 is 1.96 bits per heavy atom. The first-order chi connectivity index (χ1) is 12.2. The number of aromatic nitrogens is 3. The highest BCUT2D eigenvalue weighted by Gasteiger charge is 2.13. The Bertz CT molecular complexity index is 863. The van der Waals surface area contributed by atoms with Gasteiger partial charge >= 0.3 is 0 Å². The van der Waals surface area contributed by atoms with E-state index in [4.69, 9.17) is 5.84 Å². The van der Waals surface area contributed by atoms with E-state index in [9.17, 15) is 4.79 Å². The summed E-state index contributed by atoms with van der Waals surface area (Å²) in [5.74, 6) is 6.72. The number of thioether (sulfide) groups is 1. The lowest BCUT2D eigenvalue weighted by Gasteiger charge is -2.07. The Hall–Kier alpha value is -2.80. The van der Waals surface area contributed by atoms with Gasteiger partial charge in [-0.25, -0.2) is 4.68 Å². The molecule has 0 spiro atoms. The van der Waals surface area contributed by atoms with E-state index < -0.39 is 0 Å². The van der Waals surface area contributed by atoms with Crippen molar-refractivity contribution in [2.45, 2.75) is 18.5 Å². The van der Waals surface area contributed by atoms with Crippen molar-refractivity contribution in [1.82, 2.24) is 14.9 Å². The predicted octanol–water partition coefficient (Wildman–Crippen LogP) is 2.95. The van der Waals surface area contributed by atoms with E-state index in [-0.39, 0.29) is 11.7 Å². The molecular weight excluding hydrogens is 334 g/mol. The highest BCUT2D eigenvalue weighted by Crippen LogP contribution is 2.21. The molecule has 0 atom stereocenters. The number of benzene rings is 2. The molecule has 1 aromatic heterocycles. The second kappa shape index (κ2) is 7.85. The van der Waals surface area contributed by atoms with Crippen molar-refractivity contribution in [3.63, 3.8) is 0 Å². The van der Waals surface area contributed by atoms with E-state index in [1.807, 2.05) is 54.6 Å². The van der Waals surface area contributed by atoms with Crippen LogP contribution in [0, 0.1) is 0 Å². The van der Waals surface area contributed by atoms with Gasteiger partial charge in [-0.3, -0.25) is 4.79 Å². The quantitative estimate of drug-likeness (QED) is 0.526. The molecule has 0 aliphatic rings. The molecule has 3 rings (SSSR count). The molecule has 3 aromatic rings. The van der Waals surface area contributed by atoms with Gasteiger partial charge in [-0.05, 0) is 24.1 Å². The number of carbonyl (C=O) groups is 1. The van der Waals surface area contributed by atoms with Gasteiger partial charge in [0.1, 0.15) is 0 Å². The van der Waals surface area contributed by atoms with Gasteiger partial charge in [-0.1, -0.05) is 61.2 Å². The molecule has 0 aliphatic heterocycles. The van der Waals surface area contributed by atoms with Gasteiger partial charge in [0.2, 0.25) is 11.1 Å². The monoisotopic (exact) mass is 353 g/mol. The van der Waals surface area contributed by atoms with Crippen molar-refractivity contribution in [2.75, 3.05) is 16.9 Å². The van der Waals surface area contributed by atoms with Crippen LogP contribution in [0.1, 0.15) is 12.5 Å². The van der Waals surface area contributed by atoms with Crippen molar-refractivity contribution in [1.29, 1.82) is 0 Å². The topological polar surface area (TPSA) is 85.8 Å². The lowest BCUT2D eigenvalue weighted by Crippen LogP contribution is -2.16. The molecule has 0 aliphatic carbocycles. The zero-order chi connectivity index (χ0) is 17.6. The molecule has 6 nitrogen and oxygen atoms in total. The van der Waals surface area contributed by atoms with Crippen molar-refractivity contribution < 1.29 is 4.79 Å². The van der Waals surface area contributed by atoms with Crippen molar-refractivity contribution in [3.8, 4) is 11.4 Å². The number of nitrogens with two attached hydrogens (primary N) is 1. The lowest BCUT2D eigenvalue weighted by atomic mass is 10.1. The number of hydrogen-bond acceptors (Lipinski definition) is 5. The molecular formula is C18H19N5OS.